The van der Waals surface area contributed by atoms with Gasteiger partial charge in [-0.15, -0.1) is 12.4 Å². The van der Waals surface area contributed by atoms with Gasteiger partial charge in [-0.1, -0.05) is 23.7 Å². The normalized spacial score (nSPS) is 19.6. The Bertz CT molecular complexity index is 428. The highest BCUT2D eigenvalue weighted by atomic mass is 35.5. The van der Waals surface area contributed by atoms with Crippen LogP contribution >= 0.6 is 24.0 Å². The average Bonchev–Trinajstić information content (AvgIpc) is 2.32. The molecule has 0 bridgehead atoms. The van der Waals surface area contributed by atoms with Gasteiger partial charge < -0.3 is 10.6 Å². The molecule has 0 aromatic heterocycles. The van der Waals surface area contributed by atoms with Crippen molar-refractivity contribution in [3.05, 3.63) is 29.3 Å². The summed E-state index contributed by atoms with van der Waals surface area (Å²) in [5.41, 5.74) is 0.673. The van der Waals surface area contributed by atoms with Gasteiger partial charge in [0.2, 0.25) is 5.91 Å². The zero-order valence-corrected chi connectivity index (χ0v) is 12.4. The molecule has 1 atom stereocenters. The Balaban J connectivity index is 0.00000180. The molecule has 1 amide bonds. The van der Waals surface area contributed by atoms with Crippen LogP contribution in [-0.2, 0) is 4.79 Å². The van der Waals surface area contributed by atoms with E-state index >= 15 is 0 Å². The third-order valence-electron chi connectivity index (χ3n) is 2.97. The van der Waals surface area contributed by atoms with Crippen LogP contribution in [0.4, 0.5) is 5.69 Å². The molecular formula is C13H19Cl2N3O. The van der Waals surface area contributed by atoms with Gasteiger partial charge in [0.25, 0.3) is 0 Å². The standard InChI is InChI=1S/C13H18ClN3O.ClH/c1-10-8-17(7-6-15-10)9-13(18)16-12-5-3-2-4-11(12)14;/h2-5,10,15H,6-9H2,1H3,(H,16,18);1H. The molecule has 1 saturated heterocycles. The lowest BCUT2D eigenvalue weighted by atomic mass is 10.2. The lowest BCUT2D eigenvalue weighted by Gasteiger charge is -2.31. The van der Waals surface area contributed by atoms with Crippen LogP contribution < -0.4 is 10.6 Å². The van der Waals surface area contributed by atoms with Gasteiger partial charge in [0.05, 0.1) is 17.3 Å². The Morgan fingerprint density at radius 1 is 1.53 bits per heavy atom. The van der Waals surface area contributed by atoms with Crippen LogP contribution in [0.2, 0.25) is 5.02 Å². The summed E-state index contributed by atoms with van der Waals surface area (Å²) in [5.74, 6) is -0.0165. The molecule has 0 aliphatic carbocycles. The summed E-state index contributed by atoms with van der Waals surface area (Å²) in [6.07, 6.45) is 0. The van der Waals surface area contributed by atoms with Crippen LogP contribution in [0.5, 0.6) is 0 Å². The Labute approximate surface area is 124 Å². The van der Waals surface area contributed by atoms with Crippen molar-refractivity contribution in [3.63, 3.8) is 0 Å². The van der Waals surface area contributed by atoms with Gasteiger partial charge in [0.1, 0.15) is 0 Å². The molecule has 1 aliphatic rings. The first-order valence-electron chi connectivity index (χ1n) is 6.15. The summed E-state index contributed by atoms with van der Waals surface area (Å²) in [6.45, 7) is 5.27. The van der Waals surface area contributed by atoms with Crippen molar-refractivity contribution in [2.75, 3.05) is 31.5 Å². The minimum absolute atomic E-state index is 0. The molecule has 1 heterocycles. The number of nitrogens with zero attached hydrogens (tertiary/aromatic N) is 1. The van der Waals surface area contributed by atoms with Crippen molar-refractivity contribution in [2.45, 2.75) is 13.0 Å². The number of hydrogen-bond donors (Lipinski definition) is 2. The van der Waals surface area contributed by atoms with Gasteiger partial charge in [0.15, 0.2) is 0 Å². The van der Waals surface area contributed by atoms with Gasteiger partial charge in [-0.05, 0) is 19.1 Å². The first kappa shape index (κ1) is 16.2. The quantitative estimate of drug-likeness (QED) is 0.897. The highest BCUT2D eigenvalue weighted by Gasteiger charge is 2.18. The first-order chi connectivity index (χ1) is 8.65. The summed E-state index contributed by atoms with van der Waals surface area (Å²) >= 11 is 6.00. The summed E-state index contributed by atoms with van der Waals surface area (Å²) < 4.78 is 0. The number of carbonyl (C=O) groups excluding carboxylic acids is 1. The minimum Gasteiger partial charge on any atom is -0.324 e. The summed E-state index contributed by atoms with van der Waals surface area (Å²) in [5, 5.41) is 6.76. The maximum Gasteiger partial charge on any atom is 0.238 e. The number of nitrogens with one attached hydrogen (secondary N) is 2. The largest absolute Gasteiger partial charge is 0.324 e. The van der Waals surface area contributed by atoms with Crippen molar-refractivity contribution < 1.29 is 4.79 Å². The maximum atomic E-state index is 11.9. The van der Waals surface area contributed by atoms with E-state index in [9.17, 15) is 4.79 Å². The highest BCUT2D eigenvalue weighted by molar-refractivity contribution is 6.33. The zero-order valence-electron chi connectivity index (χ0n) is 10.9. The van der Waals surface area contributed by atoms with E-state index in [2.05, 4.69) is 22.5 Å². The molecule has 1 aromatic rings. The van der Waals surface area contributed by atoms with Gasteiger partial charge >= 0.3 is 0 Å². The molecule has 19 heavy (non-hydrogen) atoms. The zero-order chi connectivity index (χ0) is 13.0. The number of amides is 1. The molecule has 0 spiro atoms. The van der Waals surface area contributed by atoms with E-state index in [1.807, 2.05) is 12.1 Å². The smallest absolute Gasteiger partial charge is 0.238 e. The minimum atomic E-state index is -0.0165. The molecule has 2 N–H and O–H groups in total. The molecule has 106 valence electrons. The fourth-order valence-corrected chi connectivity index (χ4v) is 2.29. The number of benzene rings is 1. The first-order valence-corrected chi connectivity index (χ1v) is 6.53. The Hall–Kier alpha value is -0.810. The van der Waals surface area contributed by atoms with Crippen LogP contribution in [0, 0.1) is 0 Å². The molecule has 0 radical (unpaired) electrons. The van der Waals surface area contributed by atoms with Crippen LogP contribution in [0.3, 0.4) is 0 Å². The molecule has 2 rings (SSSR count). The molecule has 1 aromatic carbocycles. The number of rotatable bonds is 3. The number of piperazine rings is 1. The van der Waals surface area contributed by atoms with Gasteiger partial charge in [-0.3, -0.25) is 9.69 Å². The average molecular weight is 304 g/mol. The summed E-state index contributed by atoms with van der Waals surface area (Å²) in [4.78, 5) is 14.1. The number of halogens is 2. The topological polar surface area (TPSA) is 44.4 Å². The molecule has 1 aliphatic heterocycles. The SMILES string of the molecule is CC1CN(CC(=O)Nc2ccccc2Cl)CCN1.Cl. The molecule has 4 nitrogen and oxygen atoms in total. The fraction of sp³-hybridized carbons (Fsp3) is 0.462. The predicted octanol–water partition coefficient (Wildman–Crippen LogP) is 1.99. The van der Waals surface area contributed by atoms with E-state index in [0.717, 1.165) is 19.6 Å². The Kier molecular flexibility index (Phi) is 6.58. The Morgan fingerprint density at radius 2 is 2.26 bits per heavy atom. The second kappa shape index (κ2) is 7.70. The third-order valence-corrected chi connectivity index (χ3v) is 3.30. The Morgan fingerprint density at radius 3 is 2.95 bits per heavy atom. The van der Waals surface area contributed by atoms with E-state index in [1.165, 1.54) is 0 Å². The van der Waals surface area contributed by atoms with Crippen molar-refractivity contribution >= 4 is 35.6 Å². The van der Waals surface area contributed by atoms with Crippen LogP contribution in [0.25, 0.3) is 0 Å². The molecule has 1 unspecified atom stereocenters. The van der Waals surface area contributed by atoms with Gasteiger partial charge in [0, 0.05) is 25.7 Å². The molecule has 1 fully saturated rings. The number of hydrogen-bond acceptors (Lipinski definition) is 3. The summed E-state index contributed by atoms with van der Waals surface area (Å²) in [7, 11) is 0. The van der Waals surface area contributed by atoms with E-state index in [-0.39, 0.29) is 18.3 Å². The fourth-order valence-electron chi connectivity index (χ4n) is 2.11. The van der Waals surface area contributed by atoms with Gasteiger partial charge in [-0.2, -0.15) is 0 Å². The van der Waals surface area contributed by atoms with E-state index < -0.39 is 0 Å². The van der Waals surface area contributed by atoms with E-state index in [0.29, 0.717) is 23.3 Å². The van der Waals surface area contributed by atoms with Crippen molar-refractivity contribution in [3.8, 4) is 0 Å². The molecule has 0 saturated carbocycles. The van der Waals surface area contributed by atoms with Crippen LogP contribution in [0.1, 0.15) is 6.92 Å². The lowest BCUT2D eigenvalue weighted by molar-refractivity contribution is -0.117. The molecule has 6 heteroatoms. The highest BCUT2D eigenvalue weighted by Crippen LogP contribution is 2.20. The number of para-hydroxylation sites is 1. The van der Waals surface area contributed by atoms with Crippen molar-refractivity contribution in [2.24, 2.45) is 0 Å². The predicted molar refractivity (Wildman–Crippen MR) is 81.2 cm³/mol. The second-order valence-corrected chi connectivity index (χ2v) is 5.03. The van der Waals surface area contributed by atoms with Crippen molar-refractivity contribution in [1.29, 1.82) is 0 Å². The second-order valence-electron chi connectivity index (χ2n) is 4.62. The van der Waals surface area contributed by atoms with Gasteiger partial charge in [-0.25, -0.2) is 0 Å². The molecular weight excluding hydrogens is 285 g/mol. The van der Waals surface area contributed by atoms with E-state index in [1.54, 1.807) is 12.1 Å². The van der Waals surface area contributed by atoms with Crippen molar-refractivity contribution in [1.82, 2.24) is 10.2 Å². The van der Waals surface area contributed by atoms with Crippen LogP contribution in [-0.4, -0.2) is 43.0 Å². The van der Waals surface area contributed by atoms with E-state index in [4.69, 9.17) is 11.6 Å². The summed E-state index contributed by atoms with van der Waals surface area (Å²) in [6, 6.07) is 7.71. The number of carbonyl (C=O) groups is 1. The third kappa shape index (κ3) is 4.99. The van der Waals surface area contributed by atoms with Crippen LogP contribution in [0.15, 0.2) is 24.3 Å². The monoisotopic (exact) mass is 303 g/mol. The lowest BCUT2D eigenvalue weighted by Crippen LogP contribution is -2.51. The number of anilines is 1. The maximum absolute atomic E-state index is 11.9.